The first-order valence-electron chi connectivity index (χ1n) is 7.58. The Hall–Kier alpha value is -1.65. The summed E-state index contributed by atoms with van der Waals surface area (Å²) in [6.07, 6.45) is -0.169. The normalized spacial score (nSPS) is 34.5. The minimum Gasteiger partial charge on any atom is -0.394 e. The van der Waals surface area contributed by atoms with Crippen molar-refractivity contribution in [2.45, 2.75) is 36.9 Å². The standard InChI is InChI=1S/C14H18N4O5/c19-3-8-11(20)12(21)14(23-8)18-6-17-10-9(7-1-2-22-4-7)15-5-16-13(10)18/h5-8,11-12,14,19-21H,1-4H2. The Labute approximate surface area is 131 Å². The number of aliphatic hydroxyl groups excluding tert-OH is 3. The molecule has 4 heterocycles. The van der Waals surface area contributed by atoms with E-state index in [1.165, 1.54) is 12.7 Å². The molecule has 0 amide bonds. The average Bonchev–Trinajstić information content (AvgIpc) is 3.28. The highest BCUT2D eigenvalue weighted by atomic mass is 16.6. The van der Waals surface area contributed by atoms with Gasteiger partial charge in [0, 0.05) is 12.5 Å². The van der Waals surface area contributed by atoms with E-state index in [1.807, 2.05) is 0 Å². The van der Waals surface area contributed by atoms with Crippen molar-refractivity contribution in [1.29, 1.82) is 0 Å². The van der Waals surface area contributed by atoms with E-state index in [-0.39, 0.29) is 12.5 Å². The molecule has 2 aliphatic heterocycles. The summed E-state index contributed by atoms with van der Waals surface area (Å²) in [5.41, 5.74) is 1.98. The van der Waals surface area contributed by atoms with E-state index in [0.717, 1.165) is 12.1 Å². The van der Waals surface area contributed by atoms with E-state index in [0.29, 0.717) is 24.4 Å². The molecule has 9 nitrogen and oxygen atoms in total. The number of hydrogen-bond donors (Lipinski definition) is 3. The van der Waals surface area contributed by atoms with Gasteiger partial charge in [-0.05, 0) is 6.42 Å². The van der Waals surface area contributed by atoms with Crippen LogP contribution in [0, 0.1) is 0 Å². The van der Waals surface area contributed by atoms with E-state index in [4.69, 9.17) is 9.47 Å². The molecule has 9 heteroatoms. The first-order valence-corrected chi connectivity index (χ1v) is 7.58. The maximum atomic E-state index is 10.2. The molecule has 5 atom stereocenters. The van der Waals surface area contributed by atoms with Gasteiger partial charge in [0.05, 0.1) is 25.2 Å². The number of fused-ring (bicyclic) bond motifs is 1. The van der Waals surface area contributed by atoms with Crippen molar-refractivity contribution in [3.8, 4) is 0 Å². The van der Waals surface area contributed by atoms with Gasteiger partial charge in [0.15, 0.2) is 11.9 Å². The molecule has 23 heavy (non-hydrogen) atoms. The number of aromatic nitrogens is 4. The highest BCUT2D eigenvalue weighted by Gasteiger charge is 2.44. The molecular weight excluding hydrogens is 304 g/mol. The van der Waals surface area contributed by atoms with Gasteiger partial charge in [-0.15, -0.1) is 0 Å². The summed E-state index contributed by atoms with van der Waals surface area (Å²) in [5, 5.41) is 29.3. The summed E-state index contributed by atoms with van der Waals surface area (Å²) < 4.78 is 12.5. The maximum Gasteiger partial charge on any atom is 0.165 e. The molecule has 124 valence electrons. The number of rotatable bonds is 3. The molecule has 0 spiro atoms. The van der Waals surface area contributed by atoms with Crippen molar-refractivity contribution in [3.05, 3.63) is 18.3 Å². The van der Waals surface area contributed by atoms with Crippen LogP contribution >= 0.6 is 0 Å². The van der Waals surface area contributed by atoms with Crippen LogP contribution in [0.2, 0.25) is 0 Å². The number of ether oxygens (including phenoxy) is 2. The first kappa shape index (κ1) is 14.9. The Morgan fingerprint density at radius 2 is 2.09 bits per heavy atom. The van der Waals surface area contributed by atoms with Gasteiger partial charge in [-0.1, -0.05) is 0 Å². The zero-order chi connectivity index (χ0) is 16.0. The number of nitrogens with zero attached hydrogens (tertiary/aromatic N) is 4. The molecule has 0 radical (unpaired) electrons. The van der Waals surface area contributed by atoms with Gasteiger partial charge in [-0.25, -0.2) is 15.0 Å². The van der Waals surface area contributed by atoms with Crippen LogP contribution in [0.3, 0.4) is 0 Å². The van der Waals surface area contributed by atoms with Gasteiger partial charge >= 0.3 is 0 Å². The highest BCUT2D eigenvalue weighted by Crippen LogP contribution is 2.33. The van der Waals surface area contributed by atoms with E-state index in [1.54, 1.807) is 4.57 Å². The number of aliphatic hydroxyl groups is 3. The predicted octanol–water partition coefficient (Wildman–Crippen LogP) is -1.06. The lowest BCUT2D eigenvalue weighted by Gasteiger charge is -2.16. The molecule has 0 saturated carbocycles. The Kier molecular flexibility index (Phi) is 3.74. The Balaban J connectivity index is 1.73. The minimum atomic E-state index is -1.17. The van der Waals surface area contributed by atoms with Gasteiger partial charge < -0.3 is 24.8 Å². The fourth-order valence-electron chi connectivity index (χ4n) is 3.22. The first-order chi connectivity index (χ1) is 11.2. The monoisotopic (exact) mass is 322 g/mol. The highest BCUT2D eigenvalue weighted by molar-refractivity contribution is 5.74. The van der Waals surface area contributed by atoms with Crippen LogP contribution in [0.1, 0.15) is 24.3 Å². The van der Waals surface area contributed by atoms with E-state index < -0.39 is 24.5 Å². The Morgan fingerprint density at radius 1 is 1.22 bits per heavy atom. The molecule has 2 saturated heterocycles. The number of hydrogen-bond acceptors (Lipinski definition) is 8. The molecule has 2 aromatic rings. The summed E-state index contributed by atoms with van der Waals surface area (Å²) in [7, 11) is 0. The second kappa shape index (κ2) is 5.77. The van der Waals surface area contributed by atoms with Crippen LogP contribution in [0.25, 0.3) is 11.2 Å². The van der Waals surface area contributed by atoms with Gasteiger partial charge in [0.25, 0.3) is 0 Å². The van der Waals surface area contributed by atoms with E-state index in [2.05, 4.69) is 15.0 Å². The molecule has 5 unspecified atom stereocenters. The van der Waals surface area contributed by atoms with Crippen molar-refractivity contribution in [1.82, 2.24) is 19.5 Å². The van der Waals surface area contributed by atoms with Crippen LogP contribution < -0.4 is 0 Å². The summed E-state index contributed by atoms with van der Waals surface area (Å²) in [5.74, 6) is 0.175. The third-order valence-electron chi connectivity index (χ3n) is 4.49. The lowest BCUT2D eigenvalue weighted by atomic mass is 10.0. The van der Waals surface area contributed by atoms with Crippen LogP contribution in [0.5, 0.6) is 0 Å². The van der Waals surface area contributed by atoms with E-state index in [9.17, 15) is 15.3 Å². The summed E-state index contributed by atoms with van der Waals surface area (Å²) in [6, 6.07) is 0. The molecule has 3 N–H and O–H groups in total. The van der Waals surface area contributed by atoms with Gasteiger partial charge in [-0.3, -0.25) is 4.57 Å². The van der Waals surface area contributed by atoms with Gasteiger partial charge in [-0.2, -0.15) is 0 Å². The second-order valence-electron chi connectivity index (χ2n) is 5.87. The average molecular weight is 322 g/mol. The topological polar surface area (TPSA) is 123 Å². The summed E-state index contributed by atoms with van der Waals surface area (Å²) in [6.45, 7) is 0.930. The lowest BCUT2D eigenvalue weighted by molar-refractivity contribution is -0.0511. The molecule has 0 aromatic carbocycles. The van der Waals surface area contributed by atoms with Crippen molar-refractivity contribution >= 4 is 11.2 Å². The molecule has 2 aliphatic rings. The minimum absolute atomic E-state index is 0.175. The largest absolute Gasteiger partial charge is 0.394 e. The van der Waals surface area contributed by atoms with Crippen molar-refractivity contribution in [2.75, 3.05) is 19.8 Å². The SMILES string of the molecule is OCC1OC(n2cnc3c(C4CCOC4)ncnc32)C(O)C1O. The maximum absolute atomic E-state index is 10.2. The quantitative estimate of drug-likeness (QED) is 0.653. The zero-order valence-electron chi connectivity index (χ0n) is 12.3. The fraction of sp³-hybridized carbons (Fsp3) is 0.643. The smallest absolute Gasteiger partial charge is 0.165 e. The van der Waals surface area contributed by atoms with Crippen molar-refractivity contribution < 1.29 is 24.8 Å². The molecule has 4 rings (SSSR count). The zero-order valence-corrected chi connectivity index (χ0v) is 12.3. The summed E-state index contributed by atoms with van der Waals surface area (Å²) >= 11 is 0. The number of imidazole rings is 1. The molecule has 0 bridgehead atoms. The van der Waals surface area contributed by atoms with Gasteiger partial charge in [0.1, 0.15) is 30.2 Å². The van der Waals surface area contributed by atoms with Gasteiger partial charge in [0.2, 0.25) is 0 Å². The van der Waals surface area contributed by atoms with Crippen LogP contribution in [0.15, 0.2) is 12.7 Å². The Morgan fingerprint density at radius 3 is 2.78 bits per heavy atom. The van der Waals surface area contributed by atoms with Crippen LogP contribution in [0.4, 0.5) is 0 Å². The molecule has 2 fully saturated rings. The second-order valence-corrected chi connectivity index (χ2v) is 5.87. The summed E-state index contributed by atoms with van der Waals surface area (Å²) in [4.78, 5) is 12.9. The fourth-order valence-corrected chi connectivity index (χ4v) is 3.22. The third-order valence-corrected chi connectivity index (χ3v) is 4.49. The molecular formula is C14H18N4O5. The van der Waals surface area contributed by atoms with Crippen molar-refractivity contribution in [2.24, 2.45) is 0 Å². The lowest BCUT2D eigenvalue weighted by Crippen LogP contribution is -2.33. The Bertz CT molecular complexity index is 702. The van der Waals surface area contributed by atoms with Crippen LogP contribution in [-0.4, -0.2) is 73.0 Å². The predicted molar refractivity (Wildman–Crippen MR) is 76.5 cm³/mol. The molecule has 2 aromatic heterocycles. The van der Waals surface area contributed by atoms with Crippen molar-refractivity contribution in [3.63, 3.8) is 0 Å². The van der Waals surface area contributed by atoms with Crippen LogP contribution in [-0.2, 0) is 9.47 Å². The third kappa shape index (κ3) is 2.32. The molecule has 0 aliphatic carbocycles. The van der Waals surface area contributed by atoms with E-state index >= 15 is 0 Å².